The van der Waals surface area contributed by atoms with Gasteiger partial charge in [-0.25, -0.2) is 4.39 Å². The summed E-state index contributed by atoms with van der Waals surface area (Å²) < 4.78 is 19.2. The average Bonchev–Trinajstić information content (AvgIpc) is 3.06. The number of furan rings is 1. The highest BCUT2D eigenvalue weighted by Gasteiger charge is 2.17. The lowest BCUT2D eigenvalue weighted by molar-refractivity contribution is 0.0912. The largest absolute Gasteiger partial charge is 0.451 e. The van der Waals surface area contributed by atoms with Gasteiger partial charge in [0, 0.05) is 6.20 Å². The number of hydrogen-bond acceptors (Lipinski definition) is 3. The highest BCUT2D eigenvalue weighted by molar-refractivity contribution is 5.92. The molecule has 0 fully saturated rings. The average molecular weight is 310 g/mol. The van der Waals surface area contributed by atoms with Gasteiger partial charge in [-0.3, -0.25) is 9.78 Å². The van der Waals surface area contributed by atoms with Crippen LogP contribution in [0, 0.1) is 5.82 Å². The first-order valence-electron chi connectivity index (χ1n) is 7.21. The van der Waals surface area contributed by atoms with E-state index < -0.39 is 5.82 Å². The van der Waals surface area contributed by atoms with Crippen LogP contribution in [0.5, 0.6) is 0 Å². The van der Waals surface area contributed by atoms with Crippen molar-refractivity contribution < 1.29 is 13.6 Å². The molecule has 1 amide bonds. The Hall–Kier alpha value is -2.95. The predicted octanol–water partition coefficient (Wildman–Crippen LogP) is 3.97. The van der Waals surface area contributed by atoms with Crippen LogP contribution < -0.4 is 5.32 Å². The molecule has 1 atom stereocenters. The number of nitrogens with zero attached hydrogens (tertiary/aromatic N) is 1. The van der Waals surface area contributed by atoms with E-state index in [9.17, 15) is 9.18 Å². The van der Waals surface area contributed by atoms with Crippen LogP contribution in [0.25, 0.3) is 11.3 Å². The Morgan fingerprint density at radius 2 is 1.91 bits per heavy atom. The third-order valence-corrected chi connectivity index (χ3v) is 3.45. The number of benzene rings is 1. The molecule has 116 valence electrons. The fourth-order valence-electron chi connectivity index (χ4n) is 2.24. The van der Waals surface area contributed by atoms with Gasteiger partial charge >= 0.3 is 0 Å². The van der Waals surface area contributed by atoms with Gasteiger partial charge in [-0.2, -0.15) is 0 Å². The fraction of sp³-hybridized carbons (Fsp3) is 0.111. The number of pyridine rings is 1. The zero-order valence-electron chi connectivity index (χ0n) is 12.5. The molecule has 5 heteroatoms. The minimum atomic E-state index is -0.393. The molecule has 0 aliphatic heterocycles. The number of aromatic nitrogens is 1. The normalized spacial score (nSPS) is 11.9. The second-order valence-electron chi connectivity index (χ2n) is 5.09. The second-order valence-corrected chi connectivity index (χ2v) is 5.09. The molecule has 3 rings (SSSR count). The monoisotopic (exact) mass is 310 g/mol. The molecule has 1 N–H and O–H groups in total. The van der Waals surface area contributed by atoms with Gasteiger partial charge in [0.25, 0.3) is 5.91 Å². The molecule has 0 aliphatic rings. The lowest BCUT2D eigenvalue weighted by Gasteiger charge is -2.11. The van der Waals surface area contributed by atoms with Gasteiger partial charge in [-0.1, -0.05) is 18.2 Å². The molecule has 3 aromatic rings. The fourth-order valence-corrected chi connectivity index (χ4v) is 2.24. The summed E-state index contributed by atoms with van der Waals surface area (Å²) in [5.74, 6) is -0.314. The maximum absolute atomic E-state index is 13.7. The Morgan fingerprint density at radius 1 is 1.13 bits per heavy atom. The minimum Gasteiger partial charge on any atom is -0.451 e. The van der Waals surface area contributed by atoms with Crippen molar-refractivity contribution in [1.29, 1.82) is 0 Å². The maximum atomic E-state index is 13.7. The number of carbonyl (C=O) groups excluding carboxylic acids is 1. The zero-order valence-corrected chi connectivity index (χ0v) is 12.5. The van der Waals surface area contributed by atoms with Gasteiger partial charge in [0.15, 0.2) is 5.76 Å². The molecular formula is C18H15FN2O2. The molecule has 0 saturated carbocycles. The van der Waals surface area contributed by atoms with Gasteiger partial charge in [0.1, 0.15) is 11.6 Å². The van der Waals surface area contributed by atoms with Gasteiger partial charge in [0.2, 0.25) is 0 Å². The minimum absolute atomic E-state index is 0.131. The van der Waals surface area contributed by atoms with E-state index in [0.29, 0.717) is 11.3 Å². The molecule has 0 radical (unpaired) electrons. The first-order valence-corrected chi connectivity index (χ1v) is 7.21. The van der Waals surface area contributed by atoms with E-state index in [0.717, 1.165) is 5.69 Å². The first kappa shape index (κ1) is 15.0. The van der Waals surface area contributed by atoms with Crippen LogP contribution in [0.1, 0.15) is 29.2 Å². The highest BCUT2D eigenvalue weighted by atomic mass is 19.1. The summed E-state index contributed by atoms with van der Waals surface area (Å²) in [5.41, 5.74) is 1.08. The molecule has 2 heterocycles. The van der Waals surface area contributed by atoms with E-state index in [4.69, 9.17) is 4.42 Å². The predicted molar refractivity (Wildman–Crippen MR) is 84.2 cm³/mol. The molecule has 2 aromatic heterocycles. The van der Waals surface area contributed by atoms with Crippen LogP contribution in [0.2, 0.25) is 0 Å². The maximum Gasteiger partial charge on any atom is 0.287 e. The summed E-state index contributed by atoms with van der Waals surface area (Å²) in [6, 6.07) is 14.6. The summed E-state index contributed by atoms with van der Waals surface area (Å²) in [6.45, 7) is 1.83. The van der Waals surface area contributed by atoms with E-state index in [1.54, 1.807) is 30.5 Å². The van der Waals surface area contributed by atoms with E-state index in [1.165, 1.54) is 12.1 Å². The number of carbonyl (C=O) groups is 1. The van der Waals surface area contributed by atoms with Crippen molar-refractivity contribution in [1.82, 2.24) is 10.3 Å². The molecule has 23 heavy (non-hydrogen) atoms. The molecule has 4 nitrogen and oxygen atoms in total. The molecule has 0 aliphatic carbocycles. The highest BCUT2D eigenvalue weighted by Crippen LogP contribution is 2.25. The molecule has 0 bridgehead atoms. The van der Waals surface area contributed by atoms with Crippen molar-refractivity contribution in [3.8, 4) is 11.3 Å². The van der Waals surface area contributed by atoms with Gasteiger partial charge in [-0.15, -0.1) is 0 Å². The quantitative estimate of drug-likeness (QED) is 0.793. The Morgan fingerprint density at radius 3 is 2.65 bits per heavy atom. The molecule has 1 unspecified atom stereocenters. The van der Waals surface area contributed by atoms with Crippen molar-refractivity contribution in [2.24, 2.45) is 0 Å². The van der Waals surface area contributed by atoms with Crippen molar-refractivity contribution in [3.05, 3.63) is 78.1 Å². The molecule has 0 spiro atoms. The summed E-state index contributed by atoms with van der Waals surface area (Å²) >= 11 is 0. The smallest absolute Gasteiger partial charge is 0.287 e. The summed E-state index contributed by atoms with van der Waals surface area (Å²) in [5, 5.41) is 2.80. The number of rotatable bonds is 4. The van der Waals surface area contributed by atoms with Crippen molar-refractivity contribution in [2.75, 3.05) is 0 Å². The van der Waals surface area contributed by atoms with E-state index in [1.807, 2.05) is 25.1 Å². The van der Waals surface area contributed by atoms with Crippen molar-refractivity contribution >= 4 is 5.91 Å². The Bertz CT molecular complexity index is 815. The topological polar surface area (TPSA) is 55.1 Å². The Balaban J connectivity index is 1.75. The van der Waals surface area contributed by atoms with Gasteiger partial charge in [0.05, 0.1) is 17.3 Å². The van der Waals surface area contributed by atoms with Crippen LogP contribution in [-0.4, -0.2) is 10.9 Å². The second kappa shape index (κ2) is 6.44. The van der Waals surface area contributed by atoms with Gasteiger partial charge in [-0.05, 0) is 43.3 Å². The van der Waals surface area contributed by atoms with Crippen molar-refractivity contribution in [2.45, 2.75) is 13.0 Å². The summed E-state index contributed by atoms with van der Waals surface area (Å²) in [4.78, 5) is 16.4. The third-order valence-electron chi connectivity index (χ3n) is 3.45. The lowest BCUT2D eigenvalue weighted by Crippen LogP contribution is -2.26. The molecule has 1 aromatic carbocycles. The number of amides is 1. The number of hydrogen-bond donors (Lipinski definition) is 1. The number of nitrogens with one attached hydrogen (secondary N) is 1. The van der Waals surface area contributed by atoms with E-state index >= 15 is 0 Å². The van der Waals surface area contributed by atoms with E-state index in [-0.39, 0.29) is 17.7 Å². The summed E-state index contributed by atoms with van der Waals surface area (Å²) in [6.07, 6.45) is 1.67. The lowest BCUT2D eigenvalue weighted by atomic mass is 10.1. The Kier molecular flexibility index (Phi) is 4.19. The SMILES string of the molecule is CC(NC(=O)c1ccc(-c2ccccc2F)o1)c1ccccn1. The van der Waals surface area contributed by atoms with Crippen LogP contribution in [-0.2, 0) is 0 Å². The van der Waals surface area contributed by atoms with Crippen LogP contribution in [0.15, 0.2) is 65.2 Å². The summed E-state index contributed by atoms with van der Waals surface area (Å²) in [7, 11) is 0. The third kappa shape index (κ3) is 3.29. The zero-order chi connectivity index (χ0) is 16.2. The van der Waals surface area contributed by atoms with E-state index in [2.05, 4.69) is 10.3 Å². The molecular weight excluding hydrogens is 295 g/mol. The van der Waals surface area contributed by atoms with Crippen LogP contribution in [0.4, 0.5) is 4.39 Å². The van der Waals surface area contributed by atoms with Crippen LogP contribution >= 0.6 is 0 Å². The Labute approximate surface area is 133 Å². The van der Waals surface area contributed by atoms with Crippen LogP contribution in [0.3, 0.4) is 0 Å². The van der Waals surface area contributed by atoms with Crippen molar-refractivity contribution in [3.63, 3.8) is 0 Å². The molecule has 0 saturated heterocycles. The van der Waals surface area contributed by atoms with Gasteiger partial charge < -0.3 is 9.73 Å². The standard InChI is InChI=1S/C18H15FN2O2/c1-12(15-8-4-5-11-20-15)21-18(22)17-10-9-16(23-17)13-6-2-3-7-14(13)19/h2-12H,1H3,(H,21,22). The number of halogens is 1. The first-order chi connectivity index (χ1) is 11.1.